The van der Waals surface area contributed by atoms with E-state index >= 15 is 0 Å². The minimum absolute atomic E-state index is 0.0653. The van der Waals surface area contributed by atoms with Crippen molar-refractivity contribution in [3.05, 3.63) is 69.2 Å². The third-order valence-corrected chi connectivity index (χ3v) is 4.04. The molecule has 2 rings (SSSR count). The number of halogens is 3. The van der Waals surface area contributed by atoms with Crippen molar-refractivity contribution < 1.29 is 8.78 Å². The summed E-state index contributed by atoms with van der Waals surface area (Å²) in [7, 11) is 0. The second-order valence-electron chi connectivity index (χ2n) is 5.05. The van der Waals surface area contributed by atoms with Crippen LogP contribution in [0.2, 0.25) is 0 Å². The lowest BCUT2D eigenvalue weighted by Gasteiger charge is -2.22. The summed E-state index contributed by atoms with van der Waals surface area (Å²) < 4.78 is 29.1. The molecule has 0 radical (unpaired) electrons. The van der Waals surface area contributed by atoms with Gasteiger partial charge in [-0.05, 0) is 49.2 Å². The Morgan fingerprint density at radius 1 is 1.14 bits per heavy atom. The largest absolute Gasteiger partial charge is 0.306 e. The number of hydrogen-bond donors (Lipinski definition) is 1. The van der Waals surface area contributed by atoms with E-state index in [9.17, 15) is 8.78 Å². The summed E-state index contributed by atoms with van der Waals surface area (Å²) in [5.74, 6) is -1.06. The monoisotopic (exact) mass is 353 g/mol. The van der Waals surface area contributed by atoms with Gasteiger partial charge in [-0.2, -0.15) is 0 Å². The van der Waals surface area contributed by atoms with E-state index in [4.69, 9.17) is 0 Å². The first kappa shape index (κ1) is 16.1. The molecule has 1 nitrogen and oxygen atoms in total. The van der Waals surface area contributed by atoms with E-state index in [1.807, 2.05) is 32.0 Å². The van der Waals surface area contributed by atoms with Gasteiger partial charge in [-0.15, -0.1) is 0 Å². The Balaban J connectivity index is 2.52. The van der Waals surface area contributed by atoms with E-state index in [-0.39, 0.29) is 5.56 Å². The van der Waals surface area contributed by atoms with Crippen molar-refractivity contribution in [3.8, 4) is 0 Å². The van der Waals surface area contributed by atoms with Gasteiger partial charge in [0, 0.05) is 10.0 Å². The summed E-state index contributed by atoms with van der Waals surface area (Å²) in [4.78, 5) is 0. The SMILES string of the molecule is CCCNC(c1ccc(C)cc1Br)c1c(F)cccc1F. The van der Waals surface area contributed by atoms with Gasteiger partial charge in [0.2, 0.25) is 0 Å². The molecule has 112 valence electrons. The molecule has 1 atom stereocenters. The Bertz CT molecular complexity index is 608. The first-order valence-electron chi connectivity index (χ1n) is 6.98. The first-order valence-corrected chi connectivity index (χ1v) is 7.77. The minimum atomic E-state index is -0.531. The maximum Gasteiger partial charge on any atom is 0.131 e. The second-order valence-corrected chi connectivity index (χ2v) is 5.90. The fourth-order valence-corrected chi connectivity index (χ4v) is 3.03. The number of benzene rings is 2. The summed E-state index contributed by atoms with van der Waals surface area (Å²) in [5, 5.41) is 3.23. The van der Waals surface area contributed by atoms with Crippen molar-refractivity contribution in [1.29, 1.82) is 0 Å². The topological polar surface area (TPSA) is 12.0 Å². The molecule has 4 heteroatoms. The third-order valence-electron chi connectivity index (χ3n) is 3.35. The highest BCUT2D eigenvalue weighted by Gasteiger charge is 2.23. The lowest BCUT2D eigenvalue weighted by molar-refractivity contribution is 0.502. The average Bonchev–Trinajstić information content (AvgIpc) is 2.43. The van der Waals surface area contributed by atoms with Crippen LogP contribution in [0.15, 0.2) is 40.9 Å². The Hall–Kier alpha value is -1.26. The van der Waals surface area contributed by atoms with Crippen molar-refractivity contribution in [2.24, 2.45) is 0 Å². The number of rotatable bonds is 5. The maximum absolute atomic E-state index is 14.1. The Morgan fingerprint density at radius 2 is 1.81 bits per heavy atom. The molecule has 1 N–H and O–H groups in total. The number of nitrogens with one attached hydrogen (secondary N) is 1. The highest BCUT2D eigenvalue weighted by Crippen LogP contribution is 2.32. The standard InChI is InChI=1S/C17H18BrF2N/c1-3-9-21-17(12-8-7-11(2)10-13(12)18)16-14(19)5-4-6-15(16)20/h4-8,10,17,21H,3,9H2,1-2H3. The van der Waals surface area contributed by atoms with E-state index in [0.717, 1.165) is 22.0 Å². The van der Waals surface area contributed by atoms with Gasteiger partial charge in [0.15, 0.2) is 0 Å². The van der Waals surface area contributed by atoms with E-state index in [1.54, 1.807) is 0 Å². The summed E-state index contributed by atoms with van der Waals surface area (Å²) in [6, 6.07) is 9.26. The van der Waals surface area contributed by atoms with Gasteiger partial charge in [-0.3, -0.25) is 0 Å². The molecule has 2 aromatic rings. The van der Waals surface area contributed by atoms with E-state index in [0.29, 0.717) is 6.54 Å². The lowest BCUT2D eigenvalue weighted by atomic mass is 9.96. The van der Waals surface area contributed by atoms with Crippen LogP contribution in [0.4, 0.5) is 8.78 Å². The maximum atomic E-state index is 14.1. The molecule has 0 aliphatic rings. The molecule has 2 aromatic carbocycles. The molecule has 1 unspecified atom stereocenters. The highest BCUT2D eigenvalue weighted by atomic mass is 79.9. The molecule has 0 bridgehead atoms. The molecule has 0 aromatic heterocycles. The van der Waals surface area contributed by atoms with Gasteiger partial charge >= 0.3 is 0 Å². The van der Waals surface area contributed by atoms with Crippen LogP contribution in [0.3, 0.4) is 0 Å². The molecule has 21 heavy (non-hydrogen) atoms. The second kappa shape index (κ2) is 7.14. The summed E-state index contributed by atoms with van der Waals surface area (Å²) in [6.07, 6.45) is 0.885. The minimum Gasteiger partial charge on any atom is -0.306 e. The fraction of sp³-hybridized carbons (Fsp3) is 0.294. The van der Waals surface area contributed by atoms with Crippen molar-refractivity contribution in [1.82, 2.24) is 5.32 Å². The molecule has 0 aliphatic carbocycles. The predicted octanol–water partition coefficient (Wildman–Crippen LogP) is 5.12. The highest BCUT2D eigenvalue weighted by molar-refractivity contribution is 9.10. The van der Waals surface area contributed by atoms with E-state index in [1.165, 1.54) is 18.2 Å². The van der Waals surface area contributed by atoms with Crippen LogP contribution >= 0.6 is 15.9 Å². The lowest BCUT2D eigenvalue weighted by Crippen LogP contribution is -2.25. The molecule has 0 fully saturated rings. The molecule has 0 saturated carbocycles. The van der Waals surface area contributed by atoms with E-state index < -0.39 is 17.7 Å². The van der Waals surface area contributed by atoms with Gasteiger partial charge < -0.3 is 5.32 Å². The Labute approximate surface area is 132 Å². The Morgan fingerprint density at radius 3 is 2.38 bits per heavy atom. The van der Waals surface area contributed by atoms with Crippen LogP contribution in [0, 0.1) is 18.6 Å². The van der Waals surface area contributed by atoms with Crippen LogP contribution in [0.1, 0.15) is 36.1 Å². The number of hydrogen-bond acceptors (Lipinski definition) is 1. The van der Waals surface area contributed by atoms with Crippen molar-refractivity contribution in [2.45, 2.75) is 26.3 Å². The molecule has 0 saturated heterocycles. The van der Waals surface area contributed by atoms with Gasteiger partial charge in [-0.1, -0.05) is 41.1 Å². The predicted molar refractivity (Wildman–Crippen MR) is 85.4 cm³/mol. The van der Waals surface area contributed by atoms with Crippen LogP contribution in [0.5, 0.6) is 0 Å². The van der Waals surface area contributed by atoms with Crippen LogP contribution in [0.25, 0.3) is 0 Å². The van der Waals surface area contributed by atoms with Crippen molar-refractivity contribution in [2.75, 3.05) is 6.54 Å². The fourth-order valence-electron chi connectivity index (χ4n) is 2.31. The van der Waals surface area contributed by atoms with Gasteiger partial charge in [0.1, 0.15) is 11.6 Å². The number of aryl methyl sites for hydroxylation is 1. The van der Waals surface area contributed by atoms with Gasteiger partial charge in [-0.25, -0.2) is 8.78 Å². The average molecular weight is 354 g/mol. The smallest absolute Gasteiger partial charge is 0.131 e. The van der Waals surface area contributed by atoms with Crippen molar-refractivity contribution in [3.63, 3.8) is 0 Å². The normalized spacial score (nSPS) is 12.4. The van der Waals surface area contributed by atoms with Gasteiger partial charge in [0.05, 0.1) is 6.04 Å². The zero-order valence-electron chi connectivity index (χ0n) is 12.1. The molecule has 0 amide bonds. The molecule has 0 heterocycles. The summed E-state index contributed by atoms with van der Waals surface area (Å²) in [5.41, 5.74) is 1.99. The van der Waals surface area contributed by atoms with Crippen LogP contribution in [-0.4, -0.2) is 6.54 Å². The van der Waals surface area contributed by atoms with E-state index in [2.05, 4.69) is 21.2 Å². The summed E-state index contributed by atoms with van der Waals surface area (Å²) in [6.45, 7) is 4.68. The van der Waals surface area contributed by atoms with Crippen molar-refractivity contribution >= 4 is 15.9 Å². The molecular weight excluding hydrogens is 336 g/mol. The molecular formula is C17H18BrF2N. The molecule has 0 spiro atoms. The third kappa shape index (κ3) is 3.69. The zero-order chi connectivity index (χ0) is 15.4. The van der Waals surface area contributed by atoms with Crippen LogP contribution in [-0.2, 0) is 0 Å². The molecule has 0 aliphatic heterocycles. The van der Waals surface area contributed by atoms with Crippen LogP contribution < -0.4 is 5.32 Å². The Kier molecular flexibility index (Phi) is 5.48. The zero-order valence-corrected chi connectivity index (χ0v) is 13.7. The summed E-state index contributed by atoms with van der Waals surface area (Å²) >= 11 is 3.50. The first-order chi connectivity index (χ1) is 10.0. The van der Waals surface area contributed by atoms with Gasteiger partial charge in [0.25, 0.3) is 0 Å². The quantitative estimate of drug-likeness (QED) is 0.785.